The maximum Gasteiger partial charge on any atom is 0.407 e. The number of aromatic nitrogens is 1. The third-order valence-corrected chi connectivity index (χ3v) is 5.72. The van der Waals surface area contributed by atoms with Crippen molar-refractivity contribution in [2.24, 2.45) is 5.73 Å². The molecule has 1 heterocycles. The molecule has 1 aromatic heterocycles. The Bertz CT molecular complexity index is 964. The summed E-state index contributed by atoms with van der Waals surface area (Å²) in [7, 11) is 0. The largest absolute Gasteiger partial charge is 0.444 e. The summed E-state index contributed by atoms with van der Waals surface area (Å²) in [5.41, 5.74) is 6.50. The Morgan fingerprint density at radius 3 is 2.66 bits per heavy atom. The zero-order valence-corrected chi connectivity index (χ0v) is 17.9. The van der Waals surface area contributed by atoms with Crippen LogP contribution in [0, 0.1) is 12.7 Å². The summed E-state index contributed by atoms with van der Waals surface area (Å²) in [5.74, 6) is -1.37. The molecule has 2 unspecified atom stereocenters. The van der Waals surface area contributed by atoms with Crippen LogP contribution in [0.15, 0.2) is 6.07 Å². The number of ether oxygens (including phenoxy) is 1. The quantitative estimate of drug-likeness (QED) is 0.653. The van der Waals surface area contributed by atoms with E-state index >= 15 is 4.39 Å². The molecule has 2 atom stereocenters. The molecule has 0 bridgehead atoms. The number of benzene rings is 1. The van der Waals surface area contributed by atoms with Crippen molar-refractivity contribution in [3.05, 3.63) is 33.7 Å². The van der Waals surface area contributed by atoms with Gasteiger partial charge in [-0.15, -0.1) is 0 Å². The fourth-order valence-electron chi connectivity index (χ4n) is 4.10. The molecule has 2 aromatic rings. The molecule has 0 spiro atoms. The van der Waals surface area contributed by atoms with Crippen LogP contribution in [0.4, 0.5) is 9.18 Å². The number of nitrogens with two attached hydrogens (primary N) is 1. The van der Waals surface area contributed by atoms with E-state index in [0.29, 0.717) is 33.6 Å². The number of fused-ring (bicyclic) bond motifs is 1. The van der Waals surface area contributed by atoms with Crippen molar-refractivity contribution in [1.82, 2.24) is 10.3 Å². The maximum absolute atomic E-state index is 15.1. The van der Waals surface area contributed by atoms with Gasteiger partial charge in [-0.2, -0.15) is 0 Å². The van der Waals surface area contributed by atoms with Crippen molar-refractivity contribution in [2.75, 3.05) is 0 Å². The topological polar surface area (TPSA) is 97.2 Å². The molecule has 3 rings (SSSR count). The zero-order chi connectivity index (χ0) is 21.5. The van der Waals surface area contributed by atoms with Gasteiger partial charge in [0.25, 0.3) is 5.91 Å². The second-order valence-electron chi connectivity index (χ2n) is 8.70. The van der Waals surface area contributed by atoms with Gasteiger partial charge in [-0.05, 0) is 58.9 Å². The van der Waals surface area contributed by atoms with Gasteiger partial charge in [0, 0.05) is 22.7 Å². The minimum absolute atomic E-state index is 0.0792. The highest BCUT2D eigenvalue weighted by Crippen LogP contribution is 2.42. The van der Waals surface area contributed by atoms with Crippen molar-refractivity contribution >= 4 is 34.5 Å². The normalized spacial score (nSPS) is 19.9. The highest BCUT2D eigenvalue weighted by Gasteiger charge is 2.31. The lowest BCUT2D eigenvalue weighted by molar-refractivity contribution is 0.0490. The van der Waals surface area contributed by atoms with Crippen LogP contribution in [-0.4, -0.2) is 28.6 Å². The van der Waals surface area contributed by atoms with Crippen LogP contribution >= 0.6 is 11.6 Å². The molecule has 1 fully saturated rings. The Morgan fingerprint density at radius 2 is 2.03 bits per heavy atom. The van der Waals surface area contributed by atoms with E-state index in [9.17, 15) is 9.59 Å². The number of alkyl carbamates (subject to hydrolysis) is 1. The van der Waals surface area contributed by atoms with E-state index in [1.165, 1.54) is 6.07 Å². The van der Waals surface area contributed by atoms with E-state index in [-0.39, 0.29) is 17.5 Å². The monoisotopic (exact) mass is 423 g/mol. The number of carbonyl (C=O) groups excluding carboxylic acids is 2. The summed E-state index contributed by atoms with van der Waals surface area (Å²) in [6.45, 7) is 7.18. The van der Waals surface area contributed by atoms with Crippen molar-refractivity contribution in [3.63, 3.8) is 0 Å². The zero-order valence-electron chi connectivity index (χ0n) is 17.1. The van der Waals surface area contributed by atoms with E-state index in [1.54, 1.807) is 27.7 Å². The molecule has 1 aliphatic carbocycles. The average Bonchev–Trinajstić information content (AvgIpc) is 2.88. The predicted molar refractivity (Wildman–Crippen MR) is 111 cm³/mol. The van der Waals surface area contributed by atoms with E-state index in [1.807, 2.05) is 0 Å². The Hall–Kier alpha value is -2.28. The SMILES string of the molecule is Cc1[nH]c2c(C(N)=O)cc(F)c(C3CCCC(NC(=O)OC(C)(C)C)C3)c2c1Cl. The van der Waals surface area contributed by atoms with Crippen molar-refractivity contribution < 1.29 is 18.7 Å². The van der Waals surface area contributed by atoms with Crippen molar-refractivity contribution in [3.8, 4) is 0 Å². The Labute approximate surface area is 174 Å². The molecule has 29 heavy (non-hydrogen) atoms. The first-order valence-corrected chi connectivity index (χ1v) is 10.1. The molecular weight excluding hydrogens is 397 g/mol. The first-order valence-electron chi connectivity index (χ1n) is 9.77. The Kier molecular flexibility index (Phi) is 5.81. The van der Waals surface area contributed by atoms with Crippen LogP contribution in [0.1, 0.15) is 74.0 Å². The number of primary amides is 1. The average molecular weight is 424 g/mol. The lowest BCUT2D eigenvalue weighted by atomic mass is 9.79. The second-order valence-corrected chi connectivity index (χ2v) is 9.08. The fraction of sp³-hybridized carbons (Fsp3) is 0.524. The van der Waals surface area contributed by atoms with Crippen molar-refractivity contribution in [1.29, 1.82) is 0 Å². The summed E-state index contributed by atoms with van der Waals surface area (Å²) in [5, 5.41) is 3.78. The van der Waals surface area contributed by atoms with Gasteiger partial charge in [-0.3, -0.25) is 4.79 Å². The molecular formula is C21H27ClFN3O3. The van der Waals surface area contributed by atoms with E-state index < -0.39 is 23.4 Å². The van der Waals surface area contributed by atoms with Gasteiger partial charge in [-0.1, -0.05) is 18.0 Å². The number of hydrogen-bond donors (Lipinski definition) is 3. The number of rotatable bonds is 3. The maximum atomic E-state index is 15.1. The summed E-state index contributed by atoms with van der Waals surface area (Å²) in [6, 6.07) is 1.05. The Morgan fingerprint density at radius 1 is 1.34 bits per heavy atom. The van der Waals surface area contributed by atoms with Crippen LogP contribution in [0.25, 0.3) is 10.9 Å². The molecule has 158 valence electrons. The molecule has 1 saturated carbocycles. The van der Waals surface area contributed by atoms with Crippen LogP contribution in [0.5, 0.6) is 0 Å². The number of H-pyrrole nitrogens is 1. The number of amides is 2. The third-order valence-electron chi connectivity index (χ3n) is 5.25. The van der Waals surface area contributed by atoms with E-state index in [4.69, 9.17) is 22.1 Å². The minimum atomic E-state index is -0.716. The van der Waals surface area contributed by atoms with E-state index in [0.717, 1.165) is 19.3 Å². The number of aromatic amines is 1. The van der Waals surface area contributed by atoms with Gasteiger partial charge in [0.15, 0.2) is 0 Å². The highest BCUT2D eigenvalue weighted by atomic mass is 35.5. The van der Waals surface area contributed by atoms with Gasteiger partial charge < -0.3 is 20.8 Å². The summed E-state index contributed by atoms with van der Waals surface area (Å²) in [6.07, 6.45) is 2.45. The number of aryl methyl sites for hydroxylation is 1. The van der Waals surface area contributed by atoms with Gasteiger partial charge in [0.1, 0.15) is 11.4 Å². The smallest absolute Gasteiger partial charge is 0.407 e. The molecule has 0 aliphatic heterocycles. The lowest BCUT2D eigenvalue weighted by Crippen LogP contribution is -2.41. The van der Waals surface area contributed by atoms with Gasteiger partial charge in [0.05, 0.1) is 16.1 Å². The van der Waals surface area contributed by atoms with Gasteiger partial charge in [-0.25, -0.2) is 9.18 Å². The van der Waals surface area contributed by atoms with Crippen LogP contribution < -0.4 is 11.1 Å². The van der Waals surface area contributed by atoms with Gasteiger partial charge in [0.2, 0.25) is 0 Å². The molecule has 1 aromatic carbocycles. The molecule has 2 amide bonds. The molecule has 0 saturated heterocycles. The summed E-state index contributed by atoms with van der Waals surface area (Å²) >= 11 is 6.47. The van der Waals surface area contributed by atoms with Crippen LogP contribution in [0.3, 0.4) is 0 Å². The molecule has 0 radical (unpaired) electrons. The number of carbonyl (C=O) groups is 2. The first-order chi connectivity index (χ1) is 13.5. The van der Waals surface area contributed by atoms with Crippen LogP contribution in [0.2, 0.25) is 5.02 Å². The fourth-order valence-corrected chi connectivity index (χ4v) is 4.35. The number of hydrogen-bond acceptors (Lipinski definition) is 3. The minimum Gasteiger partial charge on any atom is -0.444 e. The summed E-state index contributed by atoms with van der Waals surface area (Å²) < 4.78 is 20.5. The molecule has 4 N–H and O–H groups in total. The first kappa shape index (κ1) is 21.4. The predicted octanol–water partition coefficient (Wildman–Crippen LogP) is 4.92. The van der Waals surface area contributed by atoms with E-state index in [2.05, 4.69) is 10.3 Å². The molecule has 8 heteroatoms. The number of nitrogens with one attached hydrogen (secondary N) is 2. The second kappa shape index (κ2) is 7.86. The number of halogens is 2. The molecule has 1 aliphatic rings. The van der Waals surface area contributed by atoms with Crippen molar-refractivity contribution in [2.45, 2.75) is 70.9 Å². The summed E-state index contributed by atoms with van der Waals surface area (Å²) in [4.78, 5) is 27.0. The third kappa shape index (κ3) is 4.50. The molecule has 6 nitrogen and oxygen atoms in total. The van der Waals surface area contributed by atoms with Crippen LogP contribution in [-0.2, 0) is 4.74 Å². The van der Waals surface area contributed by atoms with Gasteiger partial charge >= 0.3 is 6.09 Å². The Balaban J connectivity index is 1.94. The lowest BCUT2D eigenvalue weighted by Gasteiger charge is -2.31. The standard InChI is InChI=1S/C21H27ClFN3O3/c1-10-17(22)16-15(14(23)9-13(19(24)27)18(16)25-10)11-6-5-7-12(8-11)26-20(28)29-21(2,3)4/h9,11-12,25H,5-8H2,1-4H3,(H2,24,27)(H,26,28). The highest BCUT2D eigenvalue weighted by molar-refractivity contribution is 6.37.